The predicted octanol–water partition coefficient (Wildman–Crippen LogP) is 0.907. The molecule has 19 heavy (non-hydrogen) atoms. The topological polar surface area (TPSA) is 38.7 Å². The van der Waals surface area contributed by atoms with Gasteiger partial charge in [-0.05, 0) is 45.7 Å². The predicted molar refractivity (Wildman–Crippen MR) is 79.4 cm³/mol. The largest absolute Gasteiger partial charge is 0.394 e. The molecule has 0 amide bonds. The number of hydrogen-bond donors (Lipinski definition) is 2. The van der Waals surface area contributed by atoms with Gasteiger partial charge in [-0.15, -0.1) is 0 Å². The Morgan fingerprint density at radius 2 is 1.89 bits per heavy atom. The molecule has 0 aromatic rings. The standard InChI is InChI=1S/C15H31N3O/c1-3-15(13-19,16-14-5-6-14)7-4-8-18-11-9-17(2)10-12-18/h14,16,19H,3-13H2,1-2H3. The summed E-state index contributed by atoms with van der Waals surface area (Å²) in [6.45, 7) is 8.44. The molecule has 1 saturated carbocycles. The SMILES string of the molecule is CCC(CO)(CCCN1CCN(C)CC1)NC1CC1. The lowest BCUT2D eigenvalue weighted by atomic mass is 9.91. The van der Waals surface area contributed by atoms with Gasteiger partial charge in [-0.3, -0.25) is 0 Å². The Bertz CT molecular complexity index is 256. The van der Waals surface area contributed by atoms with Crippen LogP contribution in [0.1, 0.15) is 39.0 Å². The molecule has 1 unspecified atom stereocenters. The summed E-state index contributed by atoms with van der Waals surface area (Å²) < 4.78 is 0. The highest BCUT2D eigenvalue weighted by Crippen LogP contribution is 2.26. The van der Waals surface area contributed by atoms with E-state index in [1.807, 2.05) is 0 Å². The van der Waals surface area contributed by atoms with Crippen LogP contribution in [0.3, 0.4) is 0 Å². The quantitative estimate of drug-likeness (QED) is 0.687. The molecule has 1 heterocycles. The Morgan fingerprint density at radius 1 is 1.21 bits per heavy atom. The van der Waals surface area contributed by atoms with Crippen LogP contribution in [-0.4, -0.2) is 72.9 Å². The molecule has 112 valence electrons. The van der Waals surface area contributed by atoms with Crippen LogP contribution in [0.5, 0.6) is 0 Å². The zero-order valence-electron chi connectivity index (χ0n) is 12.7. The molecule has 0 radical (unpaired) electrons. The first-order chi connectivity index (χ1) is 9.17. The minimum absolute atomic E-state index is 0.0201. The number of rotatable bonds is 8. The van der Waals surface area contributed by atoms with E-state index < -0.39 is 0 Å². The monoisotopic (exact) mass is 269 g/mol. The zero-order valence-corrected chi connectivity index (χ0v) is 12.7. The van der Waals surface area contributed by atoms with Crippen LogP contribution in [0.4, 0.5) is 0 Å². The Balaban J connectivity index is 1.69. The van der Waals surface area contributed by atoms with Gasteiger partial charge in [-0.1, -0.05) is 6.92 Å². The van der Waals surface area contributed by atoms with Crippen molar-refractivity contribution in [2.75, 3.05) is 46.4 Å². The fraction of sp³-hybridized carbons (Fsp3) is 1.00. The second kappa shape index (κ2) is 7.02. The number of piperazine rings is 1. The number of aliphatic hydroxyl groups excluding tert-OH is 1. The molecule has 0 bridgehead atoms. The van der Waals surface area contributed by atoms with Crippen molar-refractivity contribution in [3.05, 3.63) is 0 Å². The summed E-state index contributed by atoms with van der Waals surface area (Å²) >= 11 is 0. The maximum Gasteiger partial charge on any atom is 0.0613 e. The lowest BCUT2D eigenvalue weighted by Gasteiger charge is -2.35. The van der Waals surface area contributed by atoms with E-state index in [2.05, 4.69) is 29.1 Å². The Labute approximate surface area is 118 Å². The third-order valence-electron chi connectivity index (χ3n) is 4.79. The lowest BCUT2D eigenvalue weighted by Crippen LogP contribution is -2.50. The van der Waals surface area contributed by atoms with Gasteiger partial charge in [0, 0.05) is 37.8 Å². The van der Waals surface area contributed by atoms with Crippen molar-refractivity contribution >= 4 is 0 Å². The summed E-state index contributed by atoms with van der Waals surface area (Å²) in [5, 5.41) is 13.4. The normalized spacial score (nSPS) is 25.4. The minimum atomic E-state index is -0.0201. The van der Waals surface area contributed by atoms with Gasteiger partial charge in [0.1, 0.15) is 0 Å². The van der Waals surface area contributed by atoms with Crippen molar-refractivity contribution in [3.8, 4) is 0 Å². The molecular weight excluding hydrogens is 238 g/mol. The van der Waals surface area contributed by atoms with Crippen molar-refractivity contribution in [1.29, 1.82) is 0 Å². The number of nitrogens with one attached hydrogen (secondary N) is 1. The number of nitrogens with zero attached hydrogens (tertiary/aromatic N) is 2. The molecule has 1 aliphatic heterocycles. The van der Waals surface area contributed by atoms with Crippen molar-refractivity contribution < 1.29 is 5.11 Å². The summed E-state index contributed by atoms with van der Waals surface area (Å²) in [7, 11) is 2.20. The Morgan fingerprint density at radius 3 is 2.42 bits per heavy atom. The van der Waals surface area contributed by atoms with Gasteiger partial charge in [0.25, 0.3) is 0 Å². The van der Waals surface area contributed by atoms with Gasteiger partial charge in [0.2, 0.25) is 0 Å². The van der Waals surface area contributed by atoms with Gasteiger partial charge in [0.05, 0.1) is 6.61 Å². The molecule has 2 fully saturated rings. The van der Waals surface area contributed by atoms with Crippen LogP contribution in [0.15, 0.2) is 0 Å². The van der Waals surface area contributed by atoms with Crippen molar-refractivity contribution in [2.45, 2.75) is 50.6 Å². The van der Waals surface area contributed by atoms with Crippen LogP contribution in [0.2, 0.25) is 0 Å². The maximum absolute atomic E-state index is 9.74. The molecule has 0 spiro atoms. The van der Waals surface area contributed by atoms with E-state index >= 15 is 0 Å². The lowest BCUT2D eigenvalue weighted by molar-refractivity contribution is 0.123. The second-order valence-corrected chi connectivity index (χ2v) is 6.46. The molecule has 0 aromatic carbocycles. The van der Waals surface area contributed by atoms with Gasteiger partial charge in [-0.2, -0.15) is 0 Å². The van der Waals surface area contributed by atoms with E-state index in [0.29, 0.717) is 6.04 Å². The highest BCUT2D eigenvalue weighted by Gasteiger charge is 2.34. The summed E-state index contributed by atoms with van der Waals surface area (Å²) in [4.78, 5) is 4.96. The van der Waals surface area contributed by atoms with Gasteiger partial charge < -0.3 is 20.2 Å². The van der Waals surface area contributed by atoms with Crippen LogP contribution in [0.25, 0.3) is 0 Å². The van der Waals surface area contributed by atoms with Crippen LogP contribution < -0.4 is 5.32 Å². The van der Waals surface area contributed by atoms with E-state index in [1.165, 1.54) is 52.0 Å². The first-order valence-electron chi connectivity index (χ1n) is 7.97. The zero-order chi connectivity index (χ0) is 13.7. The molecule has 4 nitrogen and oxygen atoms in total. The number of hydrogen-bond acceptors (Lipinski definition) is 4. The van der Waals surface area contributed by atoms with E-state index in [9.17, 15) is 5.11 Å². The summed E-state index contributed by atoms with van der Waals surface area (Å²) in [6.07, 6.45) is 5.91. The minimum Gasteiger partial charge on any atom is -0.394 e. The maximum atomic E-state index is 9.74. The molecule has 4 heteroatoms. The van der Waals surface area contributed by atoms with Crippen LogP contribution >= 0.6 is 0 Å². The number of likely N-dealkylation sites (N-methyl/N-ethyl adjacent to an activating group) is 1. The molecule has 0 aromatic heterocycles. The molecule has 1 saturated heterocycles. The van der Waals surface area contributed by atoms with E-state index in [1.54, 1.807) is 0 Å². The third kappa shape index (κ3) is 4.71. The smallest absolute Gasteiger partial charge is 0.0613 e. The first-order valence-corrected chi connectivity index (χ1v) is 7.97. The second-order valence-electron chi connectivity index (χ2n) is 6.46. The summed E-state index contributed by atoms with van der Waals surface area (Å²) in [6, 6.07) is 0.677. The fourth-order valence-electron chi connectivity index (χ4n) is 2.96. The first kappa shape index (κ1) is 15.2. The molecule has 1 atom stereocenters. The van der Waals surface area contributed by atoms with Crippen LogP contribution in [-0.2, 0) is 0 Å². The average molecular weight is 269 g/mol. The summed E-state index contributed by atoms with van der Waals surface area (Å²) in [5.74, 6) is 0. The highest BCUT2D eigenvalue weighted by molar-refractivity contribution is 4.94. The fourth-order valence-corrected chi connectivity index (χ4v) is 2.96. The van der Waals surface area contributed by atoms with Crippen molar-refractivity contribution in [1.82, 2.24) is 15.1 Å². The van der Waals surface area contributed by atoms with Crippen molar-refractivity contribution in [2.24, 2.45) is 0 Å². The van der Waals surface area contributed by atoms with Gasteiger partial charge >= 0.3 is 0 Å². The molecule has 2 aliphatic rings. The van der Waals surface area contributed by atoms with Crippen LogP contribution in [0, 0.1) is 0 Å². The molecular formula is C15H31N3O. The molecule has 1 aliphatic carbocycles. The van der Waals surface area contributed by atoms with Gasteiger partial charge in [0.15, 0.2) is 0 Å². The molecule has 2 rings (SSSR count). The summed E-state index contributed by atoms with van der Waals surface area (Å²) in [5.41, 5.74) is -0.0201. The van der Waals surface area contributed by atoms with Gasteiger partial charge in [-0.25, -0.2) is 0 Å². The van der Waals surface area contributed by atoms with E-state index in [-0.39, 0.29) is 12.1 Å². The average Bonchev–Trinajstić information content (AvgIpc) is 3.24. The van der Waals surface area contributed by atoms with E-state index in [4.69, 9.17) is 0 Å². The number of aliphatic hydroxyl groups is 1. The third-order valence-corrected chi connectivity index (χ3v) is 4.79. The van der Waals surface area contributed by atoms with Crippen molar-refractivity contribution in [3.63, 3.8) is 0 Å². The highest BCUT2D eigenvalue weighted by atomic mass is 16.3. The Hall–Kier alpha value is -0.160. The van der Waals surface area contributed by atoms with E-state index in [0.717, 1.165) is 12.8 Å². The molecule has 2 N–H and O–H groups in total. The Kier molecular flexibility index (Phi) is 5.63.